The average Bonchev–Trinajstić information content (AvgIpc) is 2.52. The fourth-order valence-electron chi connectivity index (χ4n) is 1.51. The molecule has 0 N–H and O–H groups in total. The van der Waals surface area contributed by atoms with Gasteiger partial charge in [0.15, 0.2) is 0 Å². The fraction of sp³-hybridized carbons (Fsp3) is 0.667. The van der Waals surface area contributed by atoms with Gasteiger partial charge in [0, 0.05) is 18.9 Å². The minimum absolute atomic E-state index is 1.16. The van der Waals surface area contributed by atoms with Crippen molar-refractivity contribution in [1.82, 2.24) is 4.57 Å². The molecule has 0 aliphatic rings. The Kier molecular flexibility index (Phi) is 6.38. The molecule has 0 aliphatic heterocycles. The van der Waals surface area contributed by atoms with Gasteiger partial charge in [0.25, 0.3) is 0 Å². The molecule has 0 fully saturated rings. The molecule has 0 saturated carbocycles. The van der Waals surface area contributed by atoms with Crippen LogP contribution in [-0.4, -0.2) is 4.57 Å². The van der Waals surface area contributed by atoms with Gasteiger partial charge < -0.3 is 4.57 Å². The van der Waals surface area contributed by atoms with Gasteiger partial charge in [-0.15, -0.1) is 0 Å². The molecular formula is C12H23N. The number of rotatable bonds is 3. The summed E-state index contributed by atoms with van der Waals surface area (Å²) in [5.41, 5.74) is 3.02. The van der Waals surface area contributed by atoms with Gasteiger partial charge in [0.05, 0.1) is 0 Å². The third-order valence-electron chi connectivity index (χ3n) is 2.16. The van der Waals surface area contributed by atoms with Crippen LogP contribution >= 0.6 is 0 Å². The highest BCUT2D eigenvalue weighted by molar-refractivity contribution is 5.22. The van der Waals surface area contributed by atoms with Gasteiger partial charge in [-0.05, 0) is 24.5 Å². The van der Waals surface area contributed by atoms with Crippen LogP contribution in [0.1, 0.15) is 45.4 Å². The van der Waals surface area contributed by atoms with E-state index in [0.29, 0.717) is 0 Å². The van der Waals surface area contributed by atoms with Crippen LogP contribution in [0.2, 0.25) is 0 Å². The molecule has 0 aliphatic carbocycles. The van der Waals surface area contributed by atoms with E-state index < -0.39 is 0 Å². The van der Waals surface area contributed by atoms with E-state index in [1.54, 1.807) is 0 Å². The van der Waals surface area contributed by atoms with Crippen LogP contribution in [-0.2, 0) is 19.9 Å². The Bertz CT molecular complexity index is 223. The Balaban J connectivity index is 0.000000671. The summed E-state index contributed by atoms with van der Waals surface area (Å²) in [5.74, 6) is 0. The summed E-state index contributed by atoms with van der Waals surface area (Å²) in [6.45, 7) is 8.45. The normalized spacial score (nSPS) is 9.31. The van der Waals surface area contributed by atoms with E-state index in [1.165, 1.54) is 24.1 Å². The predicted octanol–water partition coefficient (Wildman–Crippen LogP) is 3.57. The standard InChI is InChI=1S/C10H17N.C2H6/c1-4-6-10-9(5-2)7-8-11(10)3;1-2/h7-8H,4-6H2,1-3H3;1-2H3. The lowest BCUT2D eigenvalue weighted by molar-refractivity contribution is 0.775. The van der Waals surface area contributed by atoms with Crippen LogP contribution in [0, 0.1) is 0 Å². The zero-order valence-electron chi connectivity index (χ0n) is 9.72. The Morgan fingerprint density at radius 2 is 1.85 bits per heavy atom. The first-order chi connectivity index (χ1) is 6.29. The summed E-state index contributed by atoms with van der Waals surface area (Å²) in [6.07, 6.45) is 5.78. The van der Waals surface area contributed by atoms with Crippen molar-refractivity contribution in [2.45, 2.75) is 47.0 Å². The largest absolute Gasteiger partial charge is 0.354 e. The maximum absolute atomic E-state index is 2.24. The molecule has 0 bridgehead atoms. The fourth-order valence-corrected chi connectivity index (χ4v) is 1.51. The number of nitrogens with zero attached hydrogens (tertiary/aromatic N) is 1. The third-order valence-corrected chi connectivity index (χ3v) is 2.16. The predicted molar refractivity (Wildman–Crippen MR) is 60.1 cm³/mol. The minimum Gasteiger partial charge on any atom is -0.354 e. The van der Waals surface area contributed by atoms with Crippen LogP contribution < -0.4 is 0 Å². The van der Waals surface area contributed by atoms with Gasteiger partial charge in [0.1, 0.15) is 0 Å². The highest BCUT2D eigenvalue weighted by Crippen LogP contribution is 2.12. The van der Waals surface area contributed by atoms with E-state index in [9.17, 15) is 0 Å². The molecule has 76 valence electrons. The number of hydrogen-bond donors (Lipinski definition) is 0. The molecule has 1 rings (SSSR count). The van der Waals surface area contributed by atoms with Gasteiger partial charge >= 0.3 is 0 Å². The first-order valence-corrected chi connectivity index (χ1v) is 5.42. The minimum atomic E-state index is 1.16. The van der Waals surface area contributed by atoms with E-state index in [0.717, 1.165) is 6.42 Å². The summed E-state index contributed by atoms with van der Waals surface area (Å²) in [5, 5.41) is 0. The SMILES string of the molecule is CC.CCCc1c(CC)ccn1C. The van der Waals surface area contributed by atoms with Gasteiger partial charge in [0.2, 0.25) is 0 Å². The van der Waals surface area contributed by atoms with Gasteiger partial charge in [-0.3, -0.25) is 0 Å². The molecular weight excluding hydrogens is 158 g/mol. The Morgan fingerprint density at radius 3 is 2.31 bits per heavy atom. The molecule has 0 saturated heterocycles. The first-order valence-electron chi connectivity index (χ1n) is 5.42. The molecule has 1 nitrogen and oxygen atoms in total. The molecule has 0 atom stereocenters. The van der Waals surface area contributed by atoms with Crippen molar-refractivity contribution in [2.24, 2.45) is 7.05 Å². The van der Waals surface area contributed by atoms with Gasteiger partial charge in [-0.1, -0.05) is 34.1 Å². The van der Waals surface area contributed by atoms with Crippen molar-refractivity contribution in [2.75, 3.05) is 0 Å². The van der Waals surface area contributed by atoms with Crippen molar-refractivity contribution >= 4 is 0 Å². The molecule has 0 spiro atoms. The summed E-state index contributed by atoms with van der Waals surface area (Å²) in [4.78, 5) is 0. The molecule has 0 aromatic carbocycles. The molecule has 1 aromatic rings. The monoisotopic (exact) mass is 181 g/mol. The van der Waals surface area contributed by atoms with Gasteiger partial charge in [-0.2, -0.15) is 0 Å². The van der Waals surface area contributed by atoms with E-state index in [4.69, 9.17) is 0 Å². The highest BCUT2D eigenvalue weighted by Gasteiger charge is 2.02. The summed E-state index contributed by atoms with van der Waals surface area (Å²) in [6, 6.07) is 2.23. The molecule has 0 radical (unpaired) electrons. The Labute approximate surface area is 82.8 Å². The zero-order valence-corrected chi connectivity index (χ0v) is 9.72. The van der Waals surface area contributed by atoms with E-state index in [2.05, 4.69) is 37.7 Å². The number of hydrogen-bond acceptors (Lipinski definition) is 0. The van der Waals surface area contributed by atoms with Crippen molar-refractivity contribution < 1.29 is 0 Å². The maximum Gasteiger partial charge on any atom is 0.0203 e. The van der Waals surface area contributed by atoms with E-state index in [1.807, 2.05) is 13.8 Å². The van der Waals surface area contributed by atoms with Crippen molar-refractivity contribution in [3.8, 4) is 0 Å². The number of aryl methyl sites for hydroxylation is 2. The summed E-state index contributed by atoms with van der Waals surface area (Å²) >= 11 is 0. The quantitative estimate of drug-likeness (QED) is 0.672. The molecule has 1 heteroatoms. The van der Waals surface area contributed by atoms with Crippen molar-refractivity contribution in [3.63, 3.8) is 0 Å². The van der Waals surface area contributed by atoms with E-state index in [-0.39, 0.29) is 0 Å². The van der Waals surface area contributed by atoms with Crippen molar-refractivity contribution in [3.05, 3.63) is 23.5 Å². The topological polar surface area (TPSA) is 4.93 Å². The Hall–Kier alpha value is -0.720. The second-order valence-corrected chi connectivity index (χ2v) is 3.00. The smallest absolute Gasteiger partial charge is 0.0203 e. The number of aromatic nitrogens is 1. The van der Waals surface area contributed by atoms with Crippen LogP contribution in [0.5, 0.6) is 0 Å². The van der Waals surface area contributed by atoms with E-state index >= 15 is 0 Å². The average molecular weight is 181 g/mol. The molecule has 13 heavy (non-hydrogen) atoms. The zero-order chi connectivity index (χ0) is 10.3. The van der Waals surface area contributed by atoms with Crippen molar-refractivity contribution in [1.29, 1.82) is 0 Å². The lowest BCUT2D eigenvalue weighted by atomic mass is 10.1. The molecule has 0 unspecified atom stereocenters. The van der Waals surface area contributed by atoms with Crippen LogP contribution in [0.15, 0.2) is 12.3 Å². The Morgan fingerprint density at radius 1 is 1.23 bits per heavy atom. The molecule has 1 heterocycles. The van der Waals surface area contributed by atoms with Crippen LogP contribution in [0.25, 0.3) is 0 Å². The van der Waals surface area contributed by atoms with Gasteiger partial charge in [-0.25, -0.2) is 0 Å². The second kappa shape index (κ2) is 6.76. The maximum atomic E-state index is 2.24. The van der Waals surface area contributed by atoms with Crippen LogP contribution in [0.3, 0.4) is 0 Å². The summed E-state index contributed by atoms with van der Waals surface area (Å²) < 4.78 is 2.24. The first kappa shape index (κ1) is 12.3. The lowest BCUT2D eigenvalue weighted by Gasteiger charge is -2.03. The summed E-state index contributed by atoms with van der Waals surface area (Å²) in [7, 11) is 2.13. The molecule has 1 aromatic heterocycles. The lowest BCUT2D eigenvalue weighted by Crippen LogP contribution is -1.97. The second-order valence-electron chi connectivity index (χ2n) is 3.00. The van der Waals surface area contributed by atoms with Crippen LogP contribution in [0.4, 0.5) is 0 Å². The molecule has 0 amide bonds. The highest BCUT2D eigenvalue weighted by atomic mass is 14.9. The third kappa shape index (κ3) is 3.25.